The van der Waals surface area contributed by atoms with Crippen molar-refractivity contribution in [3.05, 3.63) is 78.1 Å². The number of hydrogen-bond acceptors (Lipinski definition) is 5. The van der Waals surface area contributed by atoms with Crippen LogP contribution < -0.4 is 9.64 Å². The number of aromatic nitrogens is 3. The number of amides is 2. The molecule has 0 N–H and O–H groups in total. The van der Waals surface area contributed by atoms with E-state index in [1.807, 2.05) is 54.7 Å². The molecule has 31 heavy (non-hydrogen) atoms. The maximum absolute atomic E-state index is 13.1. The highest BCUT2D eigenvalue weighted by atomic mass is 16.5. The molecule has 7 nitrogen and oxygen atoms in total. The van der Waals surface area contributed by atoms with Gasteiger partial charge in [-0.15, -0.1) is 0 Å². The van der Waals surface area contributed by atoms with E-state index in [1.165, 1.54) is 0 Å². The average molecular weight is 411 g/mol. The van der Waals surface area contributed by atoms with Crippen LogP contribution in [0.4, 0.5) is 10.5 Å². The van der Waals surface area contributed by atoms with Gasteiger partial charge in [-0.25, -0.2) is 14.8 Å². The predicted molar refractivity (Wildman–Crippen MR) is 119 cm³/mol. The van der Waals surface area contributed by atoms with Gasteiger partial charge in [0.2, 0.25) is 5.88 Å². The van der Waals surface area contributed by atoms with Crippen molar-refractivity contribution in [3.63, 3.8) is 0 Å². The molecule has 5 rings (SSSR count). The van der Waals surface area contributed by atoms with Crippen molar-refractivity contribution in [1.82, 2.24) is 19.9 Å². The van der Waals surface area contributed by atoms with Gasteiger partial charge in [0.15, 0.2) is 0 Å². The van der Waals surface area contributed by atoms with Crippen molar-refractivity contribution in [2.45, 2.75) is 13.1 Å². The average Bonchev–Trinajstić information content (AvgIpc) is 2.82. The van der Waals surface area contributed by atoms with Crippen molar-refractivity contribution in [1.29, 1.82) is 0 Å². The molecule has 4 heterocycles. The summed E-state index contributed by atoms with van der Waals surface area (Å²) in [7, 11) is 3.39. The first-order chi connectivity index (χ1) is 15.1. The summed E-state index contributed by atoms with van der Waals surface area (Å²) in [5, 5.41) is 0. The molecule has 7 heteroatoms. The van der Waals surface area contributed by atoms with E-state index in [0.29, 0.717) is 24.5 Å². The van der Waals surface area contributed by atoms with E-state index in [1.54, 1.807) is 36.2 Å². The number of methoxy groups -OCH3 is 1. The van der Waals surface area contributed by atoms with Gasteiger partial charge in [-0.05, 0) is 23.8 Å². The number of rotatable bonds is 4. The number of urea groups is 1. The quantitative estimate of drug-likeness (QED) is 0.501. The molecule has 2 amide bonds. The van der Waals surface area contributed by atoms with Crippen molar-refractivity contribution in [2.75, 3.05) is 19.1 Å². The molecule has 0 unspecified atom stereocenters. The van der Waals surface area contributed by atoms with Crippen LogP contribution in [0.15, 0.2) is 67.0 Å². The summed E-state index contributed by atoms with van der Waals surface area (Å²) >= 11 is 0. The van der Waals surface area contributed by atoms with Crippen LogP contribution >= 0.6 is 0 Å². The van der Waals surface area contributed by atoms with Gasteiger partial charge < -0.3 is 9.64 Å². The maximum atomic E-state index is 13.1. The number of pyridine rings is 3. The molecule has 3 aromatic heterocycles. The Morgan fingerprint density at radius 3 is 2.58 bits per heavy atom. The highest BCUT2D eigenvalue weighted by Crippen LogP contribution is 2.35. The summed E-state index contributed by atoms with van der Waals surface area (Å²) in [6.45, 7) is 0.963. The van der Waals surface area contributed by atoms with Crippen molar-refractivity contribution in [2.24, 2.45) is 0 Å². The highest BCUT2D eigenvalue weighted by Gasteiger charge is 2.31. The van der Waals surface area contributed by atoms with Gasteiger partial charge in [-0.1, -0.05) is 30.3 Å². The normalized spacial score (nSPS) is 13.4. The Hall–Kier alpha value is -4.00. The number of ether oxygens (including phenoxy) is 1. The molecule has 0 aliphatic carbocycles. The lowest BCUT2D eigenvalue weighted by Gasteiger charge is -2.35. The fourth-order valence-corrected chi connectivity index (χ4v) is 3.86. The lowest BCUT2D eigenvalue weighted by molar-refractivity contribution is 0.210. The molecule has 0 fully saturated rings. The molecule has 0 saturated heterocycles. The van der Waals surface area contributed by atoms with E-state index < -0.39 is 0 Å². The summed E-state index contributed by atoms with van der Waals surface area (Å²) in [4.78, 5) is 30.4. The summed E-state index contributed by atoms with van der Waals surface area (Å²) in [5.41, 5.74) is 5.95. The van der Waals surface area contributed by atoms with Gasteiger partial charge in [-0.3, -0.25) is 9.88 Å². The van der Waals surface area contributed by atoms with Crippen molar-refractivity contribution in [3.8, 4) is 17.1 Å². The summed E-state index contributed by atoms with van der Waals surface area (Å²) < 4.78 is 5.15. The monoisotopic (exact) mass is 411 g/mol. The number of benzene rings is 1. The third-order valence-electron chi connectivity index (χ3n) is 5.42. The van der Waals surface area contributed by atoms with Gasteiger partial charge in [0, 0.05) is 36.6 Å². The molecule has 1 aliphatic heterocycles. The minimum Gasteiger partial charge on any atom is -0.481 e. The summed E-state index contributed by atoms with van der Waals surface area (Å²) in [6, 6.07) is 17.5. The zero-order chi connectivity index (χ0) is 21.4. The van der Waals surface area contributed by atoms with Gasteiger partial charge in [0.25, 0.3) is 0 Å². The Labute approximate surface area is 179 Å². The summed E-state index contributed by atoms with van der Waals surface area (Å²) in [5.74, 6) is 0.547. The molecule has 0 atom stereocenters. The van der Waals surface area contributed by atoms with Crippen LogP contribution in [0, 0.1) is 0 Å². The minimum atomic E-state index is -0.0535. The second-order valence-corrected chi connectivity index (χ2v) is 7.50. The molecule has 0 bridgehead atoms. The Bertz CT molecular complexity index is 1260. The van der Waals surface area contributed by atoms with Crippen molar-refractivity contribution >= 4 is 22.8 Å². The van der Waals surface area contributed by atoms with E-state index in [4.69, 9.17) is 9.72 Å². The number of nitrogens with zero attached hydrogens (tertiary/aromatic N) is 5. The number of anilines is 1. The fraction of sp³-hybridized carbons (Fsp3) is 0.167. The van der Waals surface area contributed by atoms with Gasteiger partial charge in [0.1, 0.15) is 5.52 Å². The molecule has 4 aromatic rings. The van der Waals surface area contributed by atoms with Gasteiger partial charge in [-0.2, -0.15) is 0 Å². The molecule has 0 saturated carbocycles. The van der Waals surface area contributed by atoms with E-state index in [-0.39, 0.29) is 6.03 Å². The molecular weight excluding hydrogens is 390 g/mol. The second kappa shape index (κ2) is 7.68. The largest absolute Gasteiger partial charge is 0.481 e. The van der Waals surface area contributed by atoms with Crippen LogP contribution in [-0.4, -0.2) is 40.0 Å². The predicted octanol–water partition coefficient (Wildman–Crippen LogP) is 4.27. The molecule has 1 aromatic carbocycles. The van der Waals surface area contributed by atoms with Crippen LogP contribution in [0.1, 0.15) is 11.1 Å². The molecule has 1 aliphatic rings. The third-order valence-corrected chi connectivity index (χ3v) is 5.42. The second-order valence-electron chi connectivity index (χ2n) is 7.50. The zero-order valence-electron chi connectivity index (χ0n) is 17.3. The molecule has 0 spiro atoms. The van der Waals surface area contributed by atoms with Crippen molar-refractivity contribution < 1.29 is 9.53 Å². The van der Waals surface area contributed by atoms with Gasteiger partial charge >= 0.3 is 6.03 Å². The third kappa shape index (κ3) is 3.44. The molecule has 0 radical (unpaired) electrons. The Kier molecular flexibility index (Phi) is 4.71. The SMILES string of the molecule is COc1ccc(-c2ccc3ncc4c(c3n2)N(Cc2ccccc2)C(=O)N(C)C4)cn1. The van der Waals surface area contributed by atoms with E-state index >= 15 is 0 Å². The zero-order valence-corrected chi connectivity index (χ0v) is 17.3. The fourth-order valence-electron chi connectivity index (χ4n) is 3.86. The first-order valence-corrected chi connectivity index (χ1v) is 9.99. The Balaban J connectivity index is 1.65. The number of fused-ring (bicyclic) bond motifs is 3. The molecular formula is C24H21N5O2. The lowest BCUT2D eigenvalue weighted by atomic mass is 10.1. The first-order valence-electron chi connectivity index (χ1n) is 9.99. The maximum Gasteiger partial charge on any atom is 0.324 e. The van der Waals surface area contributed by atoms with Crippen LogP contribution in [-0.2, 0) is 13.1 Å². The first kappa shape index (κ1) is 19.0. The van der Waals surface area contributed by atoms with E-state index in [0.717, 1.165) is 33.6 Å². The summed E-state index contributed by atoms with van der Waals surface area (Å²) in [6.07, 6.45) is 3.57. The number of carbonyl (C=O) groups is 1. The smallest absolute Gasteiger partial charge is 0.324 e. The topological polar surface area (TPSA) is 71.5 Å². The number of carbonyl (C=O) groups excluding carboxylic acids is 1. The number of hydrogen-bond donors (Lipinski definition) is 0. The van der Waals surface area contributed by atoms with Crippen LogP contribution in [0.5, 0.6) is 5.88 Å². The Morgan fingerprint density at radius 2 is 1.84 bits per heavy atom. The lowest BCUT2D eigenvalue weighted by Crippen LogP contribution is -2.45. The van der Waals surface area contributed by atoms with Crippen LogP contribution in [0.25, 0.3) is 22.3 Å². The Morgan fingerprint density at radius 1 is 1.00 bits per heavy atom. The minimum absolute atomic E-state index is 0.0535. The standard InChI is InChI=1S/C24H21N5O2/c1-28-15-18-13-25-20-10-9-19(17-8-11-21(31-2)26-12-17)27-22(20)23(18)29(24(28)30)14-16-6-4-3-5-7-16/h3-13H,14-15H2,1-2H3. The van der Waals surface area contributed by atoms with Crippen LogP contribution in [0.3, 0.4) is 0 Å². The highest BCUT2D eigenvalue weighted by molar-refractivity contribution is 6.03. The van der Waals surface area contributed by atoms with Crippen LogP contribution in [0.2, 0.25) is 0 Å². The van der Waals surface area contributed by atoms with E-state index in [9.17, 15) is 4.79 Å². The van der Waals surface area contributed by atoms with E-state index in [2.05, 4.69) is 9.97 Å². The molecule has 154 valence electrons. The van der Waals surface area contributed by atoms with Gasteiger partial charge in [0.05, 0.1) is 37.1 Å².